The van der Waals surface area contributed by atoms with Crippen molar-refractivity contribution in [1.82, 2.24) is 0 Å². The number of benzene rings is 1. The summed E-state index contributed by atoms with van der Waals surface area (Å²) in [6, 6.07) is 10.4. The van der Waals surface area contributed by atoms with Crippen molar-refractivity contribution in [2.75, 3.05) is 6.61 Å². The van der Waals surface area contributed by atoms with Crippen LogP contribution in [0.5, 0.6) is 0 Å². The van der Waals surface area contributed by atoms with Gasteiger partial charge in [-0.3, -0.25) is 0 Å². The molecule has 1 aromatic rings. The molecule has 76 valence electrons. The number of aliphatic hydroxyl groups is 1. The molecule has 0 spiro atoms. The first-order valence-electron chi connectivity index (χ1n) is 5.07. The van der Waals surface area contributed by atoms with E-state index in [0.29, 0.717) is 0 Å². The van der Waals surface area contributed by atoms with Gasteiger partial charge in [0, 0.05) is 0 Å². The summed E-state index contributed by atoms with van der Waals surface area (Å²) < 4.78 is 5.43. The average Bonchev–Trinajstić information content (AvgIpc) is 2.89. The number of hydrogen-bond donors (Lipinski definition) is 1. The molecule has 1 aliphatic rings. The summed E-state index contributed by atoms with van der Waals surface area (Å²) in [6.07, 6.45) is 2.07. The van der Waals surface area contributed by atoms with Crippen LogP contribution in [0.3, 0.4) is 0 Å². The van der Waals surface area contributed by atoms with Crippen LogP contribution in [-0.4, -0.2) is 23.4 Å². The van der Waals surface area contributed by atoms with Crippen molar-refractivity contribution in [3.63, 3.8) is 0 Å². The van der Waals surface area contributed by atoms with Crippen molar-refractivity contribution in [2.24, 2.45) is 0 Å². The molecule has 2 atom stereocenters. The van der Waals surface area contributed by atoms with Crippen molar-refractivity contribution in [2.45, 2.75) is 31.5 Å². The summed E-state index contributed by atoms with van der Waals surface area (Å²) in [5.74, 6) is 0. The second-order valence-corrected chi connectivity index (χ2v) is 4.09. The van der Waals surface area contributed by atoms with Gasteiger partial charge < -0.3 is 9.84 Å². The molecule has 0 aromatic heterocycles. The van der Waals surface area contributed by atoms with Gasteiger partial charge in [-0.25, -0.2) is 0 Å². The number of hydrogen-bond acceptors (Lipinski definition) is 2. The van der Waals surface area contributed by atoms with Gasteiger partial charge in [-0.05, 0) is 25.3 Å². The summed E-state index contributed by atoms with van der Waals surface area (Å²) in [5.41, 5.74) is 1.26. The Morgan fingerprint density at radius 1 is 1.36 bits per heavy atom. The van der Waals surface area contributed by atoms with Crippen LogP contribution in [0.15, 0.2) is 30.3 Å². The summed E-state index contributed by atoms with van der Waals surface area (Å²) in [5, 5.41) is 8.91. The fourth-order valence-corrected chi connectivity index (χ4v) is 1.78. The molecule has 0 aliphatic carbocycles. The van der Waals surface area contributed by atoms with Gasteiger partial charge in [0.15, 0.2) is 0 Å². The van der Waals surface area contributed by atoms with E-state index in [4.69, 9.17) is 9.84 Å². The zero-order chi connectivity index (χ0) is 10.0. The molecule has 1 fully saturated rings. The van der Waals surface area contributed by atoms with Gasteiger partial charge in [0.2, 0.25) is 0 Å². The molecule has 2 nitrogen and oxygen atoms in total. The number of aryl methyl sites for hydroxylation is 1. The molecule has 1 heterocycles. The van der Waals surface area contributed by atoms with Crippen molar-refractivity contribution in [1.29, 1.82) is 0 Å². The lowest BCUT2D eigenvalue weighted by molar-refractivity contribution is 0.235. The lowest BCUT2D eigenvalue weighted by Crippen LogP contribution is -2.13. The van der Waals surface area contributed by atoms with Gasteiger partial charge in [-0.15, -0.1) is 0 Å². The maximum Gasteiger partial charge on any atom is 0.110 e. The van der Waals surface area contributed by atoms with Crippen molar-refractivity contribution in [3.8, 4) is 0 Å². The smallest absolute Gasteiger partial charge is 0.110 e. The third-order valence-electron chi connectivity index (χ3n) is 2.95. The van der Waals surface area contributed by atoms with E-state index in [9.17, 15) is 0 Å². The minimum absolute atomic E-state index is 0.0613. The number of aliphatic hydroxyl groups excluding tert-OH is 1. The van der Waals surface area contributed by atoms with E-state index in [1.165, 1.54) is 5.56 Å². The Labute approximate surface area is 84.5 Å². The lowest BCUT2D eigenvalue weighted by atomic mass is 9.98. The molecule has 0 saturated carbocycles. The Bertz CT molecular complexity index is 296. The van der Waals surface area contributed by atoms with Crippen molar-refractivity contribution >= 4 is 0 Å². The number of epoxide rings is 1. The quantitative estimate of drug-likeness (QED) is 0.737. The largest absolute Gasteiger partial charge is 0.394 e. The monoisotopic (exact) mass is 192 g/mol. The molecular weight excluding hydrogens is 176 g/mol. The molecule has 0 unspecified atom stereocenters. The maximum atomic E-state index is 8.91. The SMILES string of the molecule is C[C@]1(CCc2ccccc2)O[C@@H]1CO. The number of rotatable bonds is 4. The molecule has 0 bridgehead atoms. The minimum atomic E-state index is -0.0788. The topological polar surface area (TPSA) is 32.8 Å². The molecule has 1 aromatic carbocycles. The van der Waals surface area contributed by atoms with Gasteiger partial charge in [-0.2, -0.15) is 0 Å². The fraction of sp³-hybridized carbons (Fsp3) is 0.500. The highest BCUT2D eigenvalue weighted by atomic mass is 16.6. The van der Waals surface area contributed by atoms with Gasteiger partial charge >= 0.3 is 0 Å². The van der Waals surface area contributed by atoms with Crippen LogP contribution in [0.4, 0.5) is 0 Å². The van der Waals surface area contributed by atoms with Crippen LogP contribution in [0.25, 0.3) is 0 Å². The Balaban J connectivity index is 1.84. The van der Waals surface area contributed by atoms with Crippen molar-refractivity contribution in [3.05, 3.63) is 35.9 Å². The highest BCUT2D eigenvalue weighted by Crippen LogP contribution is 2.39. The zero-order valence-electron chi connectivity index (χ0n) is 8.44. The van der Waals surface area contributed by atoms with Crippen LogP contribution in [0, 0.1) is 0 Å². The van der Waals surface area contributed by atoms with Crippen LogP contribution in [0.2, 0.25) is 0 Å². The Morgan fingerprint density at radius 2 is 2.07 bits per heavy atom. The van der Waals surface area contributed by atoms with E-state index >= 15 is 0 Å². The Kier molecular flexibility index (Phi) is 2.57. The summed E-state index contributed by atoms with van der Waals surface area (Å²) in [4.78, 5) is 0. The molecule has 0 amide bonds. The first kappa shape index (κ1) is 9.69. The molecular formula is C12H16O2. The molecule has 14 heavy (non-hydrogen) atoms. The summed E-state index contributed by atoms with van der Waals surface area (Å²) in [7, 11) is 0. The molecule has 2 rings (SSSR count). The van der Waals surface area contributed by atoms with E-state index in [2.05, 4.69) is 31.2 Å². The molecule has 2 heteroatoms. The predicted molar refractivity (Wildman–Crippen MR) is 55.1 cm³/mol. The van der Waals surface area contributed by atoms with Crippen molar-refractivity contribution < 1.29 is 9.84 Å². The highest BCUT2D eigenvalue weighted by Gasteiger charge is 2.50. The Morgan fingerprint density at radius 3 is 2.64 bits per heavy atom. The first-order valence-corrected chi connectivity index (χ1v) is 5.07. The summed E-state index contributed by atoms with van der Waals surface area (Å²) in [6.45, 7) is 2.21. The zero-order valence-corrected chi connectivity index (χ0v) is 8.44. The second-order valence-electron chi connectivity index (χ2n) is 4.09. The van der Waals surface area contributed by atoms with E-state index in [1.54, 1.807) is 0 Å². The number of ether oxygens (including phenoxy) is 1. The van der Waals surface area contributed by atoms with Gasteiger partial charge in [0.05, 0.1) is 12.2 Å². The van der Waals surface area contributed by atoms with Gasteiger partial charge in [-0.1, -0.05) is 30.3 Å². The fourth-order valence-electron chi connectivity index (χ4n) is 1.78. The second kappa shape index (κ2) is 3.71. The summed E-state index contributed by atoms with van der Waals surface area (Å²) >= 11 is 0. The average molecular weight is 192 g/mol. The van der Waals surface area contributed by atoms with E-state index in [-0.39, 0.29) is 18.3 Å². The molecule has 1 N–H and O–H groups in total. The molecule has 1 saturated heterocycles. The van der Waals surface area contributed by atoms with Crippen LogP contribution in [0.1, 0.15) is 18.9 Å². The van der Waals surface area contributed by atoms with Gasteiger partial charge in [0.1, 0.15) is 6.10 Å². The predicted octanol–water partition coefficient (Wildman–Crippen LogP) is 1.77. The van der Waals surface area contributed by atoms with Crippen LogP contribution >= 0.6 is 0 Å². The normalized spacial score (nSPS) is 30.3. The maximum absolute atomic E-state index is 8.91. The van der Waals surface area contributed by atoms with E-state index in [0.717, 1.165) is 12.8 Å². The Hall–Kier alpha value is -0.860. The third-order valence-corrected chi connectivity index (χ3v) is 2.95. The van der Waals surface area contributed by atoms with Crippen LogP contribution < -0.4 is 0 Å². The molecule has 0 radical (unpaired) electrons. The third kappa shape index (κ3) is 1.97. The van der Waals surface area contributed by atoms with Gasteiger partial charge in [0.25, 0.3) is 0 Å². The first-order chi connectivity index (χ1) is 6.74. The molecule has 1 aliphatic heterocycles. The van der Waals surface area contributed by atoms with E-state index in [1.807, 2.05) is 6.07 Å². The standard InChI is InChI=1S/C12H16O2/c1-12(11(9-13)14-12)8-7-10-5-3-2-4-6-10/h2-6,11,13H,7-9H2,1H3/t11-,12-/m1/s1. The van der Waals surface area contributed by atoms with E-state index < -0.39 is 0 Å². The lowest BCUT2D eigenvalue weighted by Gasteiger charge is -2.05. The minimum Gasteiger partial charge on any atom is -0.394 e. The van der Waals surface area contributed by atoms with Crippen LogP contribution in [-0.2, 0) is 11.2 Å². The highest BCUT2D eigenvalue weighted by molar-refractivity contribution is 5.16.